The number of hydrogen-bond acceptors (Lipinski definition) is 3. The summed E-state index contributed by atoms with van der Waals surface area (Å²) < 4.78 is 5.22. The zero-order chi connectivity index (χ0) is 9.80. The molecule has 0 aliphatic rings. The van der Waals surface area contributed by atoms with Gasteiger partial charge in [-0.05, 0) is 17.7 Å². The van der Waals surface area contributed by atoms with Gasteiger partial charge in [-0.2, -0.15) is 5.48 Å². The third kappa shape index (κ3) is 1.69. The van der Waals surface area contributed by atoms with Gasteiger partial charge in [-0.1, -0.05) is 30.3 Å². The monoisotopic (exact) mass is 189 g/mol. The lowest BCUT2D eigenvalue weighted by Gasteiger charge is -2.12. The van der Waals surface area contributed by atoms with Gasteiger partial charge < -0.3 is 9.62 Å². The Kier molecular flexibility index (Phi) is 2.62. The van der Waals surface area contributed by atoms with Crippen LogP contribution in [0.3, 0.4) is 0 Å². The molecule has 0 fully saturated rings. The minimum absolute atomic E-state index is 0.300. The van der Waals surface area contributed by atoms with E-state index in [9.17, 15) is 0 Å². The summed E-state index contributed by atoms with van der Waals surface area (Å²) in [4.78, 5) is 0. The van der Waals surface area contributed by atoms with Gasteiger partial charge in [0.25, 0.3) is 0 Å². The molecule has 0 aliphatic heterocycles. The van der Waals surface area contributed by atoms with Crippen molar-refractivity contribution >= 4 is 0 Å². The summed E-state index contributed by atoms with van der Waals surface area (Å²) in [7, 11) is 0. The second-order valence-electron chi connectivity index (χ2n) is 2.99. The molecule has 1 aromatic carbocycles. The molecule has 14 heavy (non-hydrogen) atoms. The van der Waals surface area contributed by atoms with Gasteiger partial charge in [-0.15, -0.1) is 0 Å². The largest absolute Gasteiger partial charge is 0.467 e. The van der Waals surface area contributed by atoms with Gasteiger partial charge in [0.05, 0.1) is 6.26 Å². The molecule has 1 atom stereocenters. The van der Waals surface area contributed by atoms with Gasteiger partial charge in [-0.25, -0.2) is 0 Å². The Hall–Kier alpha value is -1.58. The molecular formula is C11H11NO2. The highest BCUT2D eigenvalue weighted by atomic mass is 16.5. The van der Waals surface area contributed by atoms with E-state index in [0.717, 1.165) is 5.56 Å². The molecule has 0 aliphatic carbocycles. The van der Waals surface area contributed by atoms with Crippen molar-refractivity contribution in [3.63, 3.8) is 0 Å². The molecule has 0 saturated heterocycles. The van der Waals surface area contributed by atoms with Gasteiger partial charge in [0.2, 0.25) is 0 Å². The number of benzene rings is 1. The summed E-state index contributed by atoms with van der Waals surface area (Å²) in [5.74, 6) is 0.693. The van der Waals surface area contributed by atoms with E-state index in [1.165, 1.54) is 0 Å². The maximum Gasteiger partial charge on any atom is 0.127 e. The lowest BCUT2D eigenvalue weighted by molar-refractivity contribution is 0.132. The van der Waals surface area contributed by atoms with Gasteiger partial charge in [0.15, 0.2) is 0 Å². The molecule has 2 rings (SSSR count). The Bertz CT molecular complexity index is 369. The number of furan rings is 1. The average molecular weight is 189 g/mol. The van der Waals surface area contributed by atoms with Crippen LogP contribution in [-0.4, -0.2) is 5.21 Å². The normalized spacial score (nSPS) is 12.6. The molecule has 0 bridgehead atoms. The van der Waals surface area contributed by atoms with Crippen LogP contribution in [0.2, 0.25) is 0 Å². The van der Waals surface area contributed by atoms with Crippen molar-refractivity contribution in [1.82, 2.24) is 5.48 Å². The SMILES string of the molecule is ONC(c1ccccc1)c1ccco1. The Morgan fingerprint density at radius 1 is 1.07 bits per heavy atom. The van der Waals surface area contributed by atoms with Gasteiger partial charge in [-0.3, -0.25) is 0 Å². The number of hydrogen-bond donors (Lipinski definition) is 2. The molecular weight excluding hydrogens is 178 g/mol. The summed E-state index contributed by atoms with van der Waals surface area (Å²) in [6.45, 7) is 0. The molecule has 1 heterocycles. The molecule has 2 N–H and O–H groups in total. The van der Waals surface area contributed by atoms with E-state index in [-0.39, 0.29) is 6.04 Å². The molecule has 3 heteroatoms. The second-order valence-corrected chi connectivity index (χ2v) is 2.99. The fourth-order valence-electron chi connectivity index (χ4n) is 1.40. The van der Waals surface area contributed by atoms with E-state index in [1.807, 2.05) is 36.4 Å². The first-order valence-electron chi connectivity index (χ1n) is 4.40. The number of nitrogens with one attached hydrogen (secondary N) is 1. The van der Waals surface area contributed by atoms with E-state index in [1.54, 1.807) is 12.3 Å². The maximum absolute atomic E-state index is 9.04. The average Bonchev–Trinajstić information content (AvgIpc) is 2.74. The van der Waals surface area contributed by atoms with E-state index < -0.39 is 0 Å². The minimum Gasteiger partial charge on any atom is -0.467 e. The van der Waals surface area contributed by atoms with Crippen LogP contribution >= 0.6 is 0 Å². The van der Waals surface area contributed by atoms with Crippen LogP contribution in [-0.2, 0) is 0 Å². The summed E-state index contributed by atoms with van der Waals surface area (Å²) in [6.07, 6.45) is 1.59. The standard InChI is InChI=1S/C11H11NO2/c13-12-11(10-7-4-8-14-10)9-5-2-1-3-6-9/h1-8,11-13H. The summed E-state index contributed by atoms with van der Waals surface area (Å²) >= 11 is 0. The van der Waals surface area contributed by atoms with Crippen LogP contribution in [0.4, 0.5) is 0 Å². The van der Waals surface area contributed by atoms with Crippen molar-refractivity contribution in [1.29, 1.82) is 0 Å². The van der Waals surface area contributed by atoms with Gasteiger partial charge >= 0.3 is 0 Å². The summed E-state index contributed by atoms with van der Waals surface area (Å²) in [5.41, 5.74) is 3.19. The molecule has 3 nitrogen and oxygen atoms in total. The van der Waals surface area contributed by atoms with Crippen LogP contribution in [0.15, 0.2) is 53.1 Å². The van der Waals surface area contributed by atoms with E-state index >= 15 is 0 Å². The molecule has 0 spiro atoms. The van der Waals surface area contributed by atoms with Crippen molar-refractivity contribution in [3.8, 4) is 0 Å². The predicted octanol–water partition coefficient (Wildman–Crippen LogP) is 2.35. The van der Waals surface area contributed by atoms with Gasteiger partial charge in [0, 0.05) is 0 Å². The third-order valence-corrected chi connectivity index (χ3v) is 2.09. The van der Waals surface area contributed by atoms with Crippen LogP contribution in [0, 0.1) is 0 Å². The highest BCUT2D eigenvalue weighted by Gasteiger charge is 2.14. The number of hydroxylamine groups is 1. The molecule has 0 saturated carbocycles. The maximum atomic E-state index is 9.04. The first kappa shape index (κ1) is 8.99. The van der Waals surface area contributed by atoms with Crippen molar-refractivity contribution in [3.05, 3.63) is 60.1 Å². The van der Waals surface area contributed by atoms with Crippen molar-refractivity contribution in [2.45, 2.75) is 6.04 Å². The van der Waals surface area contributed by atoms with Crippen LogP contribution < -0.4 is 5.48 Å². The zero-order valence-electron chi connectivity index (χ0n) is 7.55. The molecule has 1 unspecified atom stereocenters. The highest BCUT2D eigenvalue weighted by Crippen LogP contribution is 2.21. The van der Waals surface area contributed by atoms with Crippen LogP contribution in [0.25, 0.3) is 0 Å². The molecule has 0 radical (unpaired) electrons. The third-order valence-electron chi connectivity index (χ3n) is 2.09. The Balaban J connectivity index is 2.31. The summed E-state index contributed by atoms with van der Waals surface area (Å²) in [6, 6.07) is 12.9. The Morgan fingerprint density at radius 3 is 2.43 bits per heavy atom. The quantitative estimate of drug-likeness (QED) is 0.728. The molecule has 2 aromatic rings. The molecule has 0 amide bonds. The molecule has 72 valence electrons. The summed E-state index contributed by atoms with van der Waals surface area (Å²) in [5, 5.41) is 9.04. The number of rotatable bonds is 3. The fourth-order valence-corrected chi connectivity index (χ4v) is 1.40. The molecule has 1 aromatic heterocycles. The first-order valence-corrected chi connectivity index (χ1v) is 4.40. The van der Waals surface area contributed by atoms with Crippen molar-refractivity contribution in [2.75, 3.05) is 0 Å². The lowest BCUT2D eigenvalue weighted by Crippen LogP contribution is -2.17. The second kappa shape index (κ2) is 4.09. The van der Waals surface area contributed by atoms with Crippen LogP contribution in [0.5, 0.6) is 0 Å². The minimum atomic E-state index is -0.300. The zero-order valence-corrected chi connectivity index (χ0v) is 7.55. The van der Waals surface area contributed by atoms with Gasteiger partial charge in [0.1, 0.15) is 11.8 Å². The first-order chi connectivity index (χ1) is 6.92. The topological polar surface area (TPSA) is 45.4 Å². The Labute approximate surface area is 81.9 Å². The van der Waals surface area contributed by atoms with E-state index in [0.29, 0.717) is 5.76 Å². The Morgan fingerprint density at radius 2 is 1.86 bits per heavy atom. The van der Waals surface area contributed by atoms with Crippen molar-refractivity contribution in [2.24, 2.45) is 0 Å². The smallest absolute Gasteiger partial charge is 0.127 e. The van der Waals surface area contributed by atoms with Crippen molar-refractivity contribution < 1.29 is 9.62 Å². The van der Waals surface area contributed by atoms with E-state index in [2.05, 4.69) is 5.48 Å². The fraction of sp³-hybridized carbons (Fsp3) is 0.0909. The predicted molar refractivity (Wildman–Crippen MR) is 51.9 cm³/mol. The van der Waals surface area contributed by atoms with E-state index in [4.69, 9.17) is 9.62 Å². The lowest BCUT2D eigenvalue weighted by atomic mass is 10.1. The van der Waals surface area contributed by atoms with Crippen LogP contribution in [0.1, 0.15) is 17.4 Å². The highest BCUT2D eigenvalue weighted by molar-refractivity contribution is 5.25.